The molecule has 0 radical (unpaired) electrons. The minimum Gasteiger partial charge on any atom is -0.460 e. The number of rotatable bonds is 6. The largest absolute Gasteiger partial charge is 0.460 e. The van der Waals surface area contributed by atoms with Gasteiger partial charge in [0.2, 0.25) is 0 Å². The van der Waals surface area contributed by atoms with E-state index in [0.29, 0.717) is 0 Å². The second kappa shape index (κ2) is 8.50. The van der Waals surface area contributed by atoms with Crippen LogP contribution in [0.1, 0.15) is 44.2 Å². The van der Waals surface area contributed by atoms with Crippen LogP contribution in [0.15, 0.2) is 60.7 Å². The summed E-state index contributed by atoms with van der Waals surface area (Å²) >= 11 is 0. The van der Waals surface area contributed by atoms with Gasteiger partial charge in [0, 0.05) is 6.54 Å². The molecule has 1 aliphatic heterocycles. The molecule has 0 aromatic heterocycles. The molecule has 0 unspecified atom stereocenters. The Morgan fingerprint density at radius 1 is 0.962 bits per heavy atom. The van der Waals surface area contributed by atoms with Gasteiger partial charge in [0.15, 0.2) is 0 Å². The van der Waals surface area contributed by atoms with Crippen LogP contribution in [-0.2, 0) is 14.9 Å². The van der Waals surface area contributed by atoms with Crippen LogP contribution in [0, 0.1) is 0 Å². The number of esters is 1. The first-order valence-corrected chi connectivity index (χ1v) is 9.65. The number of carbonyl (C=O) groups is 1. The Bertz CT molecular complexity index is 653. The second-order valence-electron chi connectivity index (χ2n) is 7.43. The number of benzene rings is 2. The highest BCUT2D eigenvalue weighted by Crippen LogP contribution is 2.33. The number of ether oxygens (including phenoxy) is 1. The smallest absolute Gasteiger partial charge is 0.321 e. The molecule has 0 amide bonds. The Morgan fingerprint density at radius 2 is 1.46 bits per heavy atom. The number of hydrogen-bond acceptors (Lipinski definition) is 3. The van der Waals surface area contributed by atoms with Gasteiger partial charge in [0.25, 0.3) is 0 Å². The molecule has 2 aromatic carbocycles. The van der Waals surface area contributed by atoms with E-state index in [1.54, 1.807) is 0 Å². The molecule has 0 bridgehead atoms. The van der Waals surface area contributed by atoms with Crippen LogP contribution in [0.25, 0.3) is 0 Å². The van der Waals surface area contributed by atoms with Gasteiger partial charge in [-0.2, -0.15) is 0 Å². The van der Waals surface area contributed by atoms with E-state index < -0.39 is 5.41 Å². The Labute approximate surface area is 157 Å². The van der Waals surface area contributed by atoms with E-state index in [1.807, 2.05) is 74.5 Å². The summed E-state index contributed by atoms with van der Waals surface area (Å²) in [6.07, 6.45) is 3.68. The van der Waals surface area contributed by atoms with Crippen LogP contribution in [0.3, 0.4) is 0 Å². The lowest BCUT2D eigenvalue weighted by Gasteiger charge is -2.32. The lowest BCUT2D eigenvalue weighted by Crippen LogP contribution is -2.41. The Kier molecular flexibility index (Phi) is 6.10. The molecule has 3 heteroatoms. The van der Waals surface area contributed by atoms with Crippen LogP contribution < -0.4 is 0 Å². The van der Waals surface area contributed by atoms with Gasteiger partial charge < -0.3 is 4.74 Å². The summed E-state index contributed by atoms with van der Waals surface area (Å²) < 4.78 is 5.95. The zero-order valence-electron chi connectivity index (χ0n) is 15.9. The van der Waals surface area contributed by atoms with Crippen LogP contribution in [0.2, 0.25) is 0 Å². The molecule has 0 aliphatic carbocycles. The molecule has 3 nitrogen and oxygen atoms in total. The van der Waals surface area contributed by atoms with Crippen molar-refractivity contribution >= 4 is 5.97 Å². The third-order valence-electron chi connectivity index (χ3n) is 5.38. The molecule has 0 spiro atoms. The van der Waals surface area contributed by atoms with E-state index in [0.717, 1.165) is 30.8 Å². The summed E-state index contributed by atoms with van der Waals surface area (Å²) in [7, 11) is 0. The number of hydrogen-bond donors (Lipinski definition) is 0. The number of nitrogens with zero attached hydrogens (tertiary/aromatic N) is 1. The van der Waals surface area contributed by atoms with Crippen molar-refractivity contribution in [1.29, 1.82) is 0 Å². The standard InChI is InChI=1S/C23H29NO2/c1-19(18-24-16-10-5-11-17-24)26-22(25)23(2,20-12-6-3-7-13-20)21-14-8-4-9-15-21/h3-4,6-9,12-15,19H,5,10-11,16-18H2,1-2H3/t19-/m1/s1. The van der Waals surface area contributed by atoms with Gasteiger partial charge >= 0.3 is 5.97 Å². The highest BCUT2D eigenvalue weighted by molar-refractivity contribution is 5.87. The Balaban J connectivity index is 1.79. The first kappa shape index (κ1) is 18.7. The van der Waals surface area contributed by atoms with Crippen molar-refractivity contribution in [2.24, 2.45) is 0 Å². The predicted octanol–water partition coefficient (Wildman–Crippen LogP) is 4.41. The molecule has 1 saturated heterocycles. The van der Waals surface area contributed by atoms with Crippen molar-refractivity contribution in [3.8, 4) is 0 Å². The fraction of sp³-hybridized carbons (Fsp3) is 0.435. The van der Waals surface area contributed by atoms with Crippen molar-refractivity contribution < 1.29 is 9.53 Å². The number of piperidine rings is 1. The minimum absolute atomic E-state index is 0.118. The summed E-state index contributed by atoms with van der Waals surface area (Å²) in [6.45, 7) is 7.00. The van der Waals surface area contributed by atoms with Gasteiger partial charge in [-0.25, -0.2) is 0 Å². The normalized spacial score (nSPS) is 16.8. The van der Waals surface area contributed by atoms with Gasteiger partial charge in [-0.1, -0.05) is 67.1 Å². The van der Waals surface area contributed by atoms with Gasteiger partial charge in [0.1, 0.15) is 11.5 Å². The molecular formula is C23H29NO2. The van der Waals surface area contributed by atoms with Crippen LogP contribution in [0.4, 0.5) is 0 Å². The van der Waals surface area contributed by atoms with E-state index in [4.69, 9.17) is 4.74 Å². The summed E-state index contributed by atoms with van der Waals surface area (Å²) in [5.74, 6) is -0.181. The molecule has 1 aliphatic rings. The molecule has 1 atom stereocenters. The molecule has 26 heavy (non-hydrogen) atoms. The monoisotopic (exact) mass is 351 g/mol. The lowest BCUT2D eigenvalue weighted by atomic mass is 9.76. The van der Waals surface area contributed by atoms with E-state index in [-0.39, 0.29) is 12.1 Å². The molecule has 1 heterocycles. The maximum atomic E-state index is 13.3. The second-order valence-corrected chi connectivity index (χ2v) is 7.43. The maximum Gasteiger partial charge on any atom is 0.321 e. The fourth-order valence-corrected chi connectivity index (χ4v) is 3.79. The SMILES string of the molecule is C[C@H](CN1CCCCC1)OC(=O)C(C)(c1ccccc1)c1ccccc1. The van der Waals surface area contributed by atoms with E-state index >= 15 is 0 Å². The first-order valence-electron chi connectivity index (χ1n) is 9.65. The van der Waals surface area contributed by atoms with Gasteiger partial charge in [-0.15, -0.1) is 0 Å². The van der Waals surface area contributed by atoms with Crippen molar-refractivity contribution in [1.82, 2.24) is 4.90 Å². The molecule has 0 saturated carbocycles. The average molecular weight is 351 g/mol. The van der Waals surface area contributed by atoms with E-state index in [2.05, 4.69) is 4.90 Å². The Hall–Kier alpha value is -2.13. The van der Waals surface area contributed by atoms with Gasteiger partial charge in [-0.05, 0) is 50.9 Å². The molecule has 138 valence electrons. The third-order valence-corrected chi connectivity index (χ3v) is 5.38. The molecule has 0 N–H and O–H groups in total. The molecule has 3 rings (SSSR count). The molecular weight excluding hydrogens is 322 g/mol. The van der Waals surface area contributed by atoms with Crippen LogP contribution in [-0.4, -0.2) is 36.6 Å². The number of carbonyl (C=O) groups excluding carboxylic acids is 1. The highest BCUT2D eigenvalue weighted by atomic mass is 16.5. The van der Waals surface area contributed by atoms with Gasteiger partial charge in [0.05, 0.1) is 0 Å². The van der Waals surface area contributed by atoms with Gasteiger partial charge in [-0.3, -0.25) is 9.69 Å². The minimum atomic E-state index is -0.807. The summed E-state index contributed by atoms with van der Waals surface area (Å²) in [4.78, 5) is 15.7. The van der Waals surface area contributed by atoms with Crippen molar-refractivity contribution in [2.75, 3.05) is 19.6 Å². The predicted molar refractivity (Wildman–Crippen MR) is 105 cm³/mol. The molecule has 1 fully saturated rings. The summed E-state index contributed by atoms with van der Waals surface area (Å²) in [6, 6.07) is 19.8. The quantitative estimate of drug-likeness (QED) is 0.722. The maximum absolute atomic E-state index is 13.3. The van der Waals surface area contributed by atoms with Crippen LogP contribution >= 0.6 is 0 Å². The number of likely N-dealkylation sites (tertiary alicyclic amines) is 1. The molecule has 2 aromatic rings. The van der Waals surface area contributed by atoms with E-state index in [1.165, 1.54) is 19.3 Å². The zero-order chi connectivity index (χ0) is 18.4. The highest BCUT2D eigenvalue weighted by Gasteiger charge is 2.39. The summed E-state index contributed by atoms with van der Waals surface area (Å²) in [5.41, 5.74) is 1.11. The lowest BCUT2D eigenvalue weighted by molar-refractivity contribution is -0.154. The van der Waals surface area contributed by atoms with Crippen molar-refractivity contribution in [3.63, 3.8) is 0 Å². The Morgan fingerprint density at radius 3 is 1.96 bits per heavy atom. The van der Waals surface area contributed by atoms with Crippen molar-refractivity contribution in [2.45, 2.75) is 44.6 Å². The third kappa shape index (κ3) is 4.16. The van der Waals surface area contributed by atoms with Crippen molar-refractivity contribution in [3.05, 3.63) is 71.8 Å². The topological polar surface area (TPSA) is 29.5 Å². The zero-order valence-corrected chi connectivity index (χ0v) is 15.9. The van der Waals surface area contributed by atoms with E-state index in [9.17, 15) is 4.79 Å². The summed E-state index contributed by atoms with van der Waals surface area (Å²) in [5, 5.41) is 0. The first-order chi connectivity index (χ1) is 12.6. The van der Waals surface area contributed by atoms with Crippen LogP contribution in [0.5, 0.6) is 0 Å². The average Bonchev–Trinajstić information content (AvgIpc) is 2.69. The fourth-order valence-electron chi connectivity index (χ4n) is 3.79.